The van der Waals surface area contributed by atoms with Gasteiger partial charge in [-0.3, -0.25) is 4.79 Å². The molecule has 1 atom stereocenters. The van der Waals surface area contributed by atoms with Gasteiger partial charge in [0.2, 0.25) is 0 Å². The number of fused-ring (bicyclic) bond motifs is 1. The van der Waals surface area contributed by atoms with Gasteiger partial charge >= 0.3 is 0 Å². The minimum absolute atomic E-state index is 0.336. The average Bonchev–Trinajstić information content (AvgIpc) is 2.96. The molecule has 1 heterocycles. The Kier molecular flexibility index (Phi) is 4.48. The second-order valence-corrected chi connectivity index (χ2v) is 5.47. The summed E-state index contributed by atoms with van der Waals surface area (Å²) in [6.45, 7) is 1.98. The lowest BCUT2D eigenvalue weighted by molar-refractivity contribution is -0.127. The maximum atomic E-state index is 12.1. The van der Waals surface area contributed by atoms with Crippen molar-refractivity contribution in [3.05, 3.63) is 59.1 Å². The molecule has 1 amide bonds. The molecule has 0 bridgehead atoms. The van der Waals surface area contributed by atoms with Crippen molar-refractivity contribution in [2.24, 2.45) is 5.10 Å². The maximum Gasteiger partial charge on any atom is 0.280 e. The highest BCUT2D eigenvalue weighted by Gasteiger charge is 2.20. The largest absolute Gasteiger partial charge is 0.487 e. The fourth-order valence-electron chi connectivity index (χ4n) is 2.16. The number of nitrogens with one attached hydrogen (secondary N) is 1. The van der Waals surface area contributed by atoms with Gasteiger partial charge < -0.3 is 9.47 Å². The fourth-order valence-corrected chi connectivity index (χ4v) is 2.34. The summed E-state index contributed by atoms with van der Waals surface area (Å²) in [5.41, 5.74) is 4.08. The Morgan fingerprint density at radius 2 is 2.13 bits per heavy atom. The molecule has 118 valence electrons. The minimum Gasteiger partial charge on any atom is -0.487 e. The van der Waals surface area contributed by atoms with Crippen molar-refractivity contribution in [1.29, 1.82) is 0 Å². The third-order valence-electron chi connectivity index (χ3n) is 3.34. The van der Waals surface area contributed by atoms with E-state index in [-0.39, 0.29) is 5.91 Å². The first-order chi connectivity index (χ1) is 11.1. The number of para-hydroxylation sites is 1. The van der Waals surface area contributed by atoms with Crippen molar-refractivity contribution in [3.63, 3.8) is 0 Å². The number of ether oxygens (including phenoxy) is 2. The lowest BCUT2D eigenvalue weighted by Crippen LogP contribution is -2.34. The SMILES string of the molecule is C[C@H](Oc1cccc(Cl)c1)C(=O)N/N=C1/COc2ccccc21. The van der Waals surface area contributed by atoms with Crippen LogP contribution in [0.3, 0.4) is 0 Å². The summed E-state index contributed by atoms with van der Waals surface area (Å²) in [5.74, 6) is 0.952. The van der Waals surface area contributed by atoms with Gasteiger partial charge in [0, 0.05) is 10.6 Å². The minimum atomic E-state index is -0.699. The van der Waals surface area contributed by atoms with E-state index in [0.29, 0.717) is 23.1 Å². The quantitative estimate of drug-likeness (QED) is 0.877. The van der Waals surface area contributed by atoms with Crippen molar-refractivity contribution in [1.82, 2.24) is 5.43 Å². The fraction of sp³-hybridized carbons (Fsp3) is 0.176. The Balaban J connectivity index is 1.62. The molecule has 1 aliphatic rings. The van der Waals surface area contributed by atoms with Gasteiger partial charge in [-0.25, -0.2) is 5.43 Å². The van der Waals surface area contributed by atoms with Gasteiger partial charge in [-0.15, -0.1) is 0 Å². The summed E-state index contributed by atoms with van der Waals surface area (Å²) in [4.78, 5) is 12.1. The number of hydrogen-bond donors (Lipinski definition) is 1. The van der Waals surface area contributed by atoms with Gasteiger partial charge in [0.05, 0.1) is 0 Å². The molecular weight excluding hydrogens is 316 g/mol. The normalized spacial score (nSPS) is 15.7. The van der Waals surface area contributed by atoms with E-state index >= 15 is 0 Å². The number of carbonyl (C=O) groups excluding carboxylic acids is 1. The number of hydrazone groups is 1. The van der Waals surface area contributed by atoms with Gasteiger partial charge in [0.1, 0.15) is 23.8 Å². The molecule has 6 heteroatoms. The van der Waals surface area contributed by atoms with E-state index in [1.54, 1.807) is 31.2 Å². The van der Waals surface area contributed by atoms with Crippen LogP contribution in [0.15, 0.2) is 53.6 Å². The summed E-state index contributed by atoms with van der Waals surface area (Å²) in [6.07, 6.45) is -0.699. The van der Waals surface area contributed by atoms with Crippen LogP contribution in [0.25, 0.3) is 0 Å². The number of rotatable bonds is 4. The Morgan fingerprint density at radius 3 is 2.96 bits per heavy atom. The highest BCUT2D eigenvalue weighted by Crippen LogP contribution is 2.24. The van der Waals surface area contributed by atoms with Crippen LogP contribution < -0.4 is 14.9 Å². The number of amides is 1. The molecule has 1 N–H and O–H groups in total. The molecule has 0 fully saturated rings. The van der Waals surface area contributed by atoms with Crippen LogP contribution in [0, 0.1) is 0 Å². The predicted molar refractivity (Wildman–Crippen MR) is 88.2 cm³/mol. The lowest BCUT2D eigenvalue weighted by Gasteiger charge is -2.13. The first-order valence-electron chi connectivity index (χ1n) is 7.14. The summed E-state index contributed by atoms with van der Waals surface area (Å²) in [5, 5.41) is 4.68. The molecule has 0 unspecified atom stereocenters. The monoisotopic (exact) mass is 330 g/mol. The van der Waals surface area contributed by atoms with Gasteiger partial charge in [0.15, 0.2) is 6.10 Å². The standard InChI is InChI=1S/C17H15ClN2O3/c1-11(23-13-6-4-5-12(18)9-13)17(21)20-19-15-10-22-16-8-3-2-7-14(15)16/h2-9,11H,10H2,1H3,(H,20,21)/b19-15-/t11-/m0/s1. The van der Waals surface area contributed by atoms with E-state index in [4.69, 9.17) is 21.1 Å². The van der Waals surface area contributed by atoms with Gasteiger partial charge in [-0.2, -0.15) is 5.10 Å². The Morgan fingerprint density at radius 1 is 1.30 bits per heavy atom. The molecule has 3 rings (SSSR count). The molecule has 2 aromatic rings. The first-order valence-corrected chi connectivity index (χ1v) is 7.52. The highest BCUT2D eigenvalue weighted by molar-refractivity contribution is 6.30. The van der Waals surface area contributed by atoms with E-state index in [9.17, 15) is 4.79 Å². The molecule has 0 saturated heterocycles. The van der Waals surface area contributed by atoms with Crippen molar-refractivity contribution in [2.75, 3.05) is 6.61 Å². The molecule has 1 aliphatic heterocycles. The Bertz CT molecular complexity index is 761. The van der Waals surface area contributed by atoms with Crippen LogP contribution in [0.5, 0.6) is 11.5 Å². The molecule has 0 spiro atoms. The zero-order chi connectivity index (χ0) is 16.2. The van der Waals surface area contributed by atoms with Gasteiger partial charge in [-0.05, 0) is 37.3 Å². The molecule has 0 aliphatic carbocycles. The van der Waals surface area contributed by atoms with Gasteiger partial charge in [-0.1, -0.05) is 29.8 Å². The second kappa shape index (κ2) is 6.71. The topological polar surface area (TPSA) is 59.9 Å². The van der Waals surface area contributed by atoms with Crippen LogP contribution in [0.1, 0.15) is 12.5 Å². The van der Waals surface area contributed by atoms with Crippen LogP contribution >= 0.6 is 11.6 Å². The number of hydrogen-bond acceptors (Lipinski definition) is 4. The third kappa shape index (κ3) is 3.63. The Labute approximate surface area is 138 Å². The molecule has 0 radical (unpaired) electrons. The summed E-state index contributed by atoms with van der Waals surface area (Å²) in [7, 11) is 0. The number of carbonyl (C=O) groups is 1. The van der Waals surface area contributed by atoms with Crippen molar-refractivity contribution in [3.8, 4) is 11.5 Å². The predicted octanol–water partition coefficient (Wildman–Crippen LogP) is 3.02. The van der Waals surface area contributed by atoms with Crippen molar-refractivity contribution >= 4 is 23.2 Å². The van der Waals surface area contributed by atoms with E-state index in [1.807, 2.05) is 24.3 Å². The smallest absolute Gasteiger partial charge is 0.280 e. The average molecular weight is 331 g/mol. The van der Waals surface area contributed by atoms with Gasteiger partial charge in [0.25, 0.3) is 5.91 Å². The summed E-state index contributed by atoms with van der Waals surface area (Å²) < 4.78 is 11.0. The summed E-state index contributed by atoms with van der Waals surface area (Å²) in [6, 6.07) is 14.4. The number of benzene rings is 2. The second-order valence-electron chi connectivity index (χ2n) is 5.04. The molecule has 2 aromatic carbocycles. The molecule has 0 saturated carbocycles. The highest BCUT2D eigenvalue weighted by atomic mass is 35.5. The zero-order valence-corrected chi connectivity index (χ0v) is 13.2. The van der Waals surface area contributed by atoms with Crippen molar-refractivity contribution < 1.29 is 14.3 Å². The van der Waals surface area contributed by atoms with E-state index in [0.717, 1.165) is 11.3 Å². The zero-order valence-electron chi connectivity index (χ0n) is 12.5. The van der Waals surface area contributed by atoms with Crippen molar-refractivity contribution in [2.45, 2.75) is 13.0 Å². The molecular formula is C17H15ClN2O3. The first kappa shape index (κ1) is 15.4. The number of halogens is 1. The molecule has 0 aromatic heterocycles. The van der Waals surface area contributed by atoms with E-state index < -0.39 is 6.10 Å². The van der Waals surface area contributed by atoms with Crippen LogP contribution in [-0.2, 0) is 4.79 Å². The molecule has 23 heavy (non-hydrogen) atoms. The lowest BCUT2D eigenvalue weighted by atomic mass is 10.1. The van der Waals surface area contributed by atoms with Crippen LogP contribution in [0.4, 0.5) is 0 Å². The van der Waals surface area contributed by atoms with Crippen LogP contribution in [0.2, 0.25) is 5.02 Å². The van der Waals surface area contributed by atoms with E-state index in [2.05, 4.69) is 10.5 Å². The maximum absolute atomic E-state index is 12.1. The van der Waals surface area contributed by atoms with E-state index in [1.165, 1.54) is 0 Å². The Hall–Kier alpha value is -2.53. The third-order valence-corrected chi connectivity index (χ3v) is 3.58. The number of nitrogens with zero attached hydrogens (tertiary/aromatic N) is 1. The van der Waals surface area contributed by atoms with Crippen LogP contribution in [-0.4, -0.2) is 24.3 Å². The summed E-state index contributed by atoms with van der Waals surface area (Å²) >= 11 is 5.89. The molecule has 5 nitrogen and oxygen atoms in total.